The molecule has 0 bridgehead atoms. The smallest absolute Gasteiger partial charge is 0.252 e. The Hall–Kier alpha value is -4.35. The van der Waals surface area contributed by atoms with Crippen LogP contribution in [0, 0.1) is 0 Å². The van der Waals surface area contributed by atoms with E-state index in [9.17, 15) is 4.79 Å². The fourth-order valence-electron chi connectivity index (χ4n) is 3.86. The number of carbonyl (C=O) groups is 1. The van der Waals surface area contributed by atoms with Crippen molar-refractivity contribution >= 4 is 11.6 Å². The number of aromatic nitrogens is 5. The molecule has 11 heteroatoms. The van der Waals surface area contributed by atoms with Crippen LogP contribution in [-0.4, -0.2) is 37.2 Å². The fourth-order valence-corrected chi connectivity index (χ4v) is 3.86. The SMILES string of the molecule is CC1=CC(c2nnc3c(C(N)=O)cc(OCc4cccc(CNCCc5ccccc5)n4)nn23)NO1. The number of allylic oxidation sites excluding steroid dienone is 1. The maximum Gasteiger partial charge on any atom is 0.252 e. The molecule has 3 aromatic heterocycles. The van der Waals surface area contributed by atoms with E-state index >= 15 is 0 Å². The zero-order valence-electron chi connectivity index (χ0n) is 19.7. The lowest BCUT2D eigenvalue weighted by Crippen LogP contribution is -2.19. The van der Waals surface area contributed by atoms with E-state index in [1.165, 1.54) is 16.1 Å². The molecule has 4 heterocycles. The molecular weight excluding hydrogens is 460 g/mol. The molecule has 0 spiro atoms. The topological polar surface area (TPSA) is 142 Å². The summed E-state index contributed by atoms with van der Waals surface area (Å²) in [5.74, 6) is 0.677. The molecule has 0 saturated heterocycles. The standard InChI is InChI=1S/C25H26N8O3/c1-16-12-21(32-36-16)25-30-29-24-20(23(26)34)13-22(31-33(24)25)35-15-19-9-5-8-18(28-19)14-27-11-10-17-6-3-2-4-7-17/h2-9,12-13,21,27,32H,10-11,14-15H2,1H3,(H2,26,34). The summed E-state index contributed by atoms with van der Waals surface area (Å²) < 4.78 is 7.33. The molecule has 11 nitrogen and oxygen atoms in total. The largest absolute Gasteiger partial charge is 0.470 e. The second kappa shape index (κ2) is 10.5. The van der Waals surface area contributed by atoms with E-state index < -0.39 is 5.91 Å². The van der Waals surface area contributed by atoms with Crippen molar-refractivity contribution in [2.24, 2.45) is 5.73 Å². The normalized spacial score (nSPS) is 15.0. The van der Waals surface area contributed by atoms with Crippen molar-refractivity contribution in [2.75, 3.05) is 6.54 Å². The van der Waals surface area contributed by atoms with Gasteiger partial charge in [0.15, 0.2) is 11.5 Å². The highest BCUT2D eigenvalue weighted by molar-refractivity contribution is 5.98. The molecule has 1 unspecified atom stereocenters. The number of fused-ring (bicyclic) bond motifs is 1. The van der Waals surface area contributed by atoms with E-state index in [0.717, 1.165) is 24.4 Å². The van der Waals surface area contributed by atoms with Crippen molar-refractivity contribution in [1.29, 1.82) is 0 Å². The molecule has 5 rings (SSSR count). The van der Waals surface area contributed by atoms with Crippen LogP contribution in [0.25, 0.3) is 5.65 Å². The number of hydrogen-bond acceptors (Lipinski definition) is 9. The molecule has 184 valence electrons. The van der Waals surface area contributed by atoms with Crippen molar-refractivity contribution in [3.05, 3.63) is 94.8 Å². The second-order valence-electron chi connectivity index (χ2n) is 8.35. The molecular formula is C25H26N8O3. The van der Waals surface area contributed by atoms with Gasteiger partial charge in [0, 0.05) is 12.6 Å². The highest BCUT2D eigenvalue weighted by atomic mass is 16.7. The van der Waals surface area contributed by atoms with Crippen molar-refractivity contribution < 1.29 is 14.4 Å². The summed E-state index contributed by atoms with van der Waals surface area (Å²) in [4.78, 5) is 22.0. The van der Waals surface area contributed by atoms with Gasteiger partial charge in [-0.2, -0.15) is 4.52 Å². The third-order valence-corrected chi connectivity index (χ3v) is 5.64. The lowest BCUT2D eigenvalue weighted by molar-refractivity contribution is 0.100. The predicted molar refractivity (Wildman–Crippen MR) is 130 cm³/mol. The van der Waals surface area contributed by atoms with E-state index in [0.29, 0.717) is 18.1 Å². The summed E-state index contributed by atoms with van der Waals surface area (Å²) >= 11 is 0. The molecule has 0 radical (unpaired) electrons. The first kappa shape index (κ1) is 23.4. The number of hydrogen-bond donors (Lipinski definition) is 3. The maximum absolute atomic E-state index is 12.1. The lowest BCUT2D eigenvalue weighted by atomic mass is 10.1. The summed E-state index contributed by atoms with van der Waals surface area (Å²) in [7, 11) is 0. The Morgan fingerprint density at radius 3 is 2.78 bits per heavy atom. The molecule has 36 heavy (non-hydrogen) atoms. The third-order valence-electron chi connectivity index (χ3n) is 5.64. The summed E-state index contributed by atoms with van der Waals surface area (Å²) in [5.41, 5.74) is 11.7. The number of amides is 1. The van der Waals surface area contributed by atoms with Gasteiger partial charge in [0.25, 0.3) is 5.91 Å². The van der Waals surface area contributed by atoms with Crippen LogP contribution < -0.4 is 21.3 Å². The maximum atomic E-state index is 12.1. The van der Waals surface area contributed by atoms with E-state index in [1.54, 1.807) is 0 Å². The Kier molecular flexibility index (Phi) is 6.83. The number of benzene rings is 1. The Morgan fingerprint density at radius 1 is 1.17 bits per heavy atom. The number of nitrogens with two attached hydrogens (primary N) is 1. The Morgan fingerprint density at radius 2 is 2.00 bits per heavy atom. The molecule has 1 amide bonds. The van der Waals surface area contributed by atoms with E-state index in [2.05, 4.69) is 43.2 Å². The molecule has 0 fully saturated rings. The van der Waals surface area contributed by atoms with Gasteiger partial charge in [-0.15, -0.1) is 20.8 Å². The molecule has 1 aliphatic rings. The monoisotopic (exact) mass is 486 g/mol. The summed E-state index contributed by atoms with van der Waals surface area (Å²) in [6.07, 6.45) is 2.78. The number of rotatable bonds is 10. The average Bonchev–Trinajstić information content (AvgIpc) is 3.51. The Balaban J connectivity index is 1.26. The minimum absolute atomic E-state index is 0.155. The first-order chi connectivity index (χ1) is 17.6. The van der Waals surface area contributed by atoms with Crippen LogP contribution in [-0.2, 0) is 24.4 Å². The van der Waals surface area contributed by atoms with Crippen LogP contribution >= 0.6 is 0 Å². The summed E-state index contributed by atoms with van der Waals surface area (Å²) in [6.45, 7) is 3.47. The van der Waals surface area contributed by atoms with Gasteiger partial charge < -0.3 is 20.6 Å². The minimum atomic E-state index is -0.657. The van der Waals surface area contributed by atoms with Gasteiger partial charge in [-0.05, 0) is 43.7 Å². The van der Waals surface area contributed by atoms with Gasteiger partial charge in [-0.3, -0.25) is 9.78 Å². The molecule has 4 N–H and O–H groups in total. The molecule has 1 aliphatic heterocycles. The van der Waals surface area contributed by atoms with Crippen molar-refractivity contribution in [1.82, 2.24) is 35.6 Å². The number of nitrogens with zero attached hydrogens (tertiary/aromatic N) is 5. The Labute approximate surface area is 207 Å². The molecule has 1 atom stereocenters. The van der Waals surface area contributed by atoms with Crippen molar-refractivity contribution in [3.63, 3.8) is 0 Å². The molecule has 0 saturated carbocycles. The van der Waals surface area contributed by atoms with Crippen LogP contribution in [0.5, 0.6) is 5.88 Å². The number of primary amides is 1. The third kappa shape index (κ3) is 5.32. The first-order valence-electron chi connectivity index (χ1n) is 11.6. The molecule has 0 aliphatic carbocycles. The van der Waals surface area contributed by atoms with Gasteiger partial charge >= 0.3 is 0 Å². The average molecular weight is 487 g/mol. The van der Waals surface area contributed by atoms with Gasteiger partial charge in [0.2, 0.25) is 5.88 Å². The van der Waals surface area contributed by atoms with Gasteiger partial charge in [0.1, 0.15) is 18.4 Å². The predicted octanol–water partition coefficient (Wildman–Crippen LogP) is 2.01. The molecule has 1 aromatic carbocycles. The zero-order valence-corrected chi connectivity index (χ0v) is 19.7. The highest BCUT2D eigenvalue weighted by Gasteiger charge is 2.25. The second-order valence-corrected chi connectivity index (χ2v) is 8.35. The number of nitrogens with one attached hydrogen (secondary N) is 2. The molecule has 4 aromatic rings. The summed E-state index contributed by atoms with van der Waals surface area (Å²) in [6, 6.07) is 17.2. The van der Waals surface area contributed by atoms with E-state index in [4.69, 9.17) is 15.3 Å². The zero-order chi connectivity index (χ0) is 24.9. The quantitative estimate of drug-likeness (QED) is 0.287. The number of pyridine rings is 1. The van der Waals surface area contributed by atoms with Gasteiger partial charge in [-0.25, -0.2) is 0 Å². The first-order valence-corrected chi connectivity index (χ1v) is 11.6. The Bertz CT molecular complexity index is 1400. The minimum Gasteiger partial charge on any atom is -0.470 e. The van der Waals surface area contributed by atoms with E-state index in [1.807, 2.05) is 49.4 Å². The van der Waals surface area contributed by atoms with Crippen molar-refractivity contribution in [2.45, 2.75) is 32.5 Å². The van der Waals surface area contributed by atoms with Crippen LogP contribution in [0.15, 0.2) is 66.4 Å². The van der Waals surface area contributed by atoms with E-state index in [-0.39, 0.29) is 29.7 Å². The fraction of sp³-hybridized carbons (Fsp3) is 0.240. The lowest BCUT2D eigenvalue weighted by Gasteiger charge is -2.10. The van der Waals surface area contributed by atoms with Crippen LogP contribution in [0.4, 0.5) is 0 Å². The number of carbonyl (C=O) groups excluding carboxylic acids is 1. The van der Waals surface area contributed by atoms with Crippen LogP contribution in [0.3, 0.4) is 0 Å². The number of ether oxygens (including phenoxy) is 1. The summed E-state index contributed by atoms with van der Waals surface area (Å²) in [5, 5.41) is 16.1. The van der Waals surface area contributed by atoms with Crippen molar-refractivity contribution in [3.8, 4) is 5.88 Å². The number of hydroxylamine groups is 1. The van der Waals surface area contributed by atoms with Gasteiger partial charge in [0.05, 0.1) is 17.0 Å². The van der Waals surface area contributed by atoms with Crippen LogP contribution in [0.1, 0.15) is 46.1 Å². The van der Waals surface area contributed by atoms with Crippen LogP contribution in [0.2, 0.25) is 0 Å². The highest BCUT2D eigenvalue weighted by Crippen LogP contribution is 2.23. The van der Waals surface area contributed by atoms with Gasteiger partial charge in [-0.1, -0.05) is 36.4 Å².